The Morgan fingerprint density at radius 3 is 2.48 bits per heavy atom. The molecule has 6 heteroatoms. The van der Waals surface area contributed by atoms with E-state index in [2.05, 4.69) is 17.9 Å². The first-order valence-electron chi connectivity index (χ1n) is 5.79. The van der Waals surface area contributed by atoms with Crippen LogP contribution >= 0.6 is 12.6 Å². The molecule has 0 radical (unpaired) electrons. The van der Waals surface area contributed by atoms with Gasteiger partial charge in [-0.15, -0.1) is 12.6 Å². The second-order valence-corrected chi connectivity index (χ2v) is 4.62. The van der Waals surface area contributed by atoms with Gasteiger partial charge in [-0.3, -0.25) is 4.79 Å². The molecule has 2 rings (SSSR count). The average Bonchev–Trinajstić information content (AvgIpc) is 2.49. The molecule has 0 heterocycles. The summed E-state index contributed by atoms with van der Waals surface area (Å²) in [6, 6.07) is 11.9. The summed E-state index contributed by atoms with van der Waals surface area (Å²) in [6.45, 7) is 0. The molecule has 0 aromatic heterocycles. The van der Waals surface area contributed by atoms with Crippen LogP contribution in [0.15, 0.2) is 41.3 Å². The fraction of sp³-hybridized carbons (Fsp3) is 0. The van der Waals surface area contributed by atoms with Crippen LogP contribution < -0.4 is 5.32 Å². The van der Waals surface area contributed by atoms with Gasteiger partial charge in [-0.25, -0.2) is 4.39 Å². The molecule has 0 aliphatic heterocycles. The highest BCUT2D eigenvalue weighted by atomic mass is 32.1. The van der Waals surface area contributed by atoms with Crippen LogP contribution in [0.4, 0.5) is 10.1 Å². The molecule has 4 nitrogen and oxygen atoms in total. The maximum atomic E-state index is 13.6. The average molecular weight is 297 g/mol. The molecule has 0 aliphatic carbocycles. The number of nitriles is 2. The Hall–Kier alpha value is -2.83. The summed E-state index contributed by atoms with van der Waals surface area (Å²) >= 11 is 4.05. The van der Waals surface area contributed by atoms with Crippen molar-refractivity contribution in [2.24, 2.45) is 0 Å². The Bertz CT molecular complexity index is 806. The normalized spacial score (nSPS) is 9.52. The summed E-state index contributed by atoms with van der Waals surface area (Å²) in [6.07, 6.45) is 0. The third kappa shape index (κ3) is 3.19. The zero-order valence-corrected chi connectivity index (χ0v) is 11.5. The minimum absolute atomic E-state index is 0.138. The number of carbonyl (C=O) groups excluding carboxylic acids is 1. The topological polar surface area (TPSA) is 76.7 Å². The van der Waals surface area contributed by atoms with Crippen LogP contribution in [0.3, 0.4) is 0 Å². The zero-order chi connectivity index (χ0) is 15.4. The van der Waals surface area contributed by atoms with E-state index in [1.54, 1.807) is 0 Å². The van der Waals surface area contributed by atoms with E-state index in [0.717, 1.165) is 6.07 Å². The minimum Gasteiger partial charge on any atom is -0.322 e. The summed E-state index contributed by atoms with van der Waals surface area (Å²) in [4.78, 5) is 12.5. The van der Waals surface area contributed by atoms with E-state index in [9.17, 15) is 9.18 Å². The highest BCUT2D eigenvalue weighted by Gasteiger charge is 2.13. The maximum Gasteiger partial charge on any atom is 0.258 e. The number of hydrogen-bond donors (Lipinski definition) is 2. The summed E-state index contributed by atoms with van der Waals surface area (Å²) in [5.74, 6) is -1.32. The number of benzene rings is 2. The molecular weight excluding hydrogens is 289 g/mol. The molecule has 0 bridgehead atoms. The number of carbonyl (C=O) groups is 1. The van der Waals surface area contributed by atoms with Crippen LogP contribution in [-0.2, 0) is 0 Å². The van der Waals surface area contributed by atoms with Gasteiger partial charge in [0.25, 0.3) is 5.91 Å². The molecule has 0 aliphatic rings. The number of nitrogens with one attached hydrogen (secondary N) is 1. The predicted molar refractivity (Wildman–Crippen MR) is 77.5 cm³/mol. The lowest BCUT2D eigenvalue weighted by atomic mass is 10.1. The van der Waals surface area contributed by atoms with E-state index in [4.69, 9.17) is 10.5 Å². The van der Waals surface area contributed by atoms with Gasteiger partial charge in [0.05, 0.1) is 16.7 Å². The molecule has 21 heavy (non-hydrogen) atoms. The molecule has 0 unspecified atom stereocenters. The summed E-state index contributed by atoms with van der Waals surface area (Å²) in [7, 11) is 0. The van der Waals surface area contributed by atoms with E-state index in [-0.39, 0.29) is 16.7 Å². The van der Waals surface area contributed by atoms with Crippen molar-refractivity contribution in [3.8, 4) is 12.1 Å². The second-order valence-electron chi connectivity index (χ2n) is 4.10. The zero-order valence-electron chi connectivity index (χ0n) is 10.6. The number of anilines is 1. The van der Waals surface area contributed by atoms with Crippen molar-refractivity contribution >= 4 is 24.2 Å². The fourth-order valence-corrected chi connectivity index (χ4v) is 1.90. The number of nitrogens with zero attached hydrogens (tertiary/aromatic N) is 2. The van der Waals surface area contributed by atoms with E-state index in [1.807, 2.05) is 12.1 Å². The Morgan fingerprint density at radius 2 is 1.81 bits per heavy atom. The number of rotatable bonds is 2. The third-order valence-corrected chi connectivity index (χ3v) is 2.99. The van der Waals surface area contributed by atoms with E-state index >= 15 is 0 Å². The summed E-state index contributed by atoms with van der Waals surface area (Å²) < 4.78 is 13.6. The lowest BCUT2D eigenvalue weighted by Gasteiger charge is -2.07. The van der Waals surface area contributed by atoms with Crippen molar-refractivity contribution in [3.63, 3.8) is 0 Å². The first kappa shape index (κ1) is 14.6. The first-order valence-corrected chi connectivity index (χ1v) is 6.24. The van der Waals surface area contributed by atoms with Crippen molar-refractivity contribution in [1.29, 1.82) is 10.5 Å². The Balaban J connectivity index is 2.30. The van der Waals surface area contributed by atoms with Gasteiger partial charge >= 0.3 is 0 Å². The van der Waals surface area contributed by atoms with Gasteiger partial charge in [0.2, 0.25) is 0 Å². The Morgan fingerprint density at radius 1 is 1.10 bits per heavy atom. The van der Waals surface area contributed by atoms with Crippen molar-refractivity contribution in [1.82, 2.24) is 0 Å². The van der Waals surface area contributed by atoms with Crippen molar-refractivity contribution < 1.29 is 9.18 Å². The number of hydrogen-bond acceptors (Lipinski definition) is 4. The van der Waals surface area contributed by atoms with Gasteiger partial charge < -0.3 is 5.32 Å². The quantitative estimate of drug-likeness (QED) is 0.836. The number of halogens is 1. The van der Waals surface area contributed by atoms with Crippen LogP contribution in [0.1, 0.15) is 21.5 Å². The van der Waals surface area contributed by atoms with Crippen LogP contribution in [0, 0.1) is 28.5 Å². The van der Waals surface area contributed by atoms with Crippen LogP contribution in [0.2, 0.25) is 0 Å². The number of thiol groups is 1. The molecule has 0 spiro atoms. The van der Waals surface area contributed by atoms with Gasteiger partial charge in [0.15, 0.2) is 0 Å². The molecule has 0 atom stereocenters. The van der Waals surface area contributed by atoms with Gasteiger partial charge in [-0.05, 0) is 36.4 Å². The molecule has 102 valence electrons. The highest BCUT2D eigenvalue weighted by Crippen LogP contribution is 2.18. The van der Waals surface area contributed by atoms with Crippen molar-refractivity contribution in [2.75, 3.05) is 5.32 Å². The monoisotopic (exact) mass is 297 g/mol. The van der Waals surface area contributed by atoms with Crippen LogP contribution in [0.5, 0.6) is 0 Å². The molecule has 0 saturated heterocycles. The fourth-order valence-electron chi connectivity index (χ4n) is 1.70. The Kier molecular flexibility index (Phi) is 4.22. The van der Waals surface area contributed by atoms with E-state index < -0.39 is 11.7 Å². The third-order valence-electron chi connectivity index (χ3n) is 2.71. The SMILES string of the molecule is N#Cc1ccc(NC(=O)c2cc(S)ccc2F)cc1C#N. The molecule has 1 N–H and O–H groups in total. The number of amides is 1. The van der Waals surface area contributed by atoms with Gasteiger partial charge in [-0.2, -0.15) is 10.5 Å². The first-order chi connectivity index (χ1) is 10.0. The molecule has 1 amide bonds. The van der Waals surface area contributed by atoms with Gasteiger partial charge in [-0.1, -0.05) is 0 Å². The lowest BCUT2D eigenvalue weighted by Crippen LogP contribution is -2.14. The molecule has 2 aromatic rings. The van der Waals surface area contributed by atoms with E-state index in [0.29, 0.717) is 10.6 Å². The van der Waals surface area contributed by atoms with Crippen molar-refractivity contribution in [2.45, 2.75) is 4.90 Å². The molecule has 0 fully saturated rings. The smallest absolute Gasteiger partial charge is 0.258 e. The Labute approximate surface area is 125 Å². The molecular formula is C15H8FN3OS. The van der Waals surface area contributed by atoms with Gasteiger partial charge in [0.1, 0.15) is 18.0 Å². The minimum atomic E-state index is -0.667. The second kappa shape index (κ2) is 6.08. The summed E-state index contributed by atoms with van der Waals surface area (Å²) in [5.41, 5.74) is 0.502. The largest absolute Gasteiger partial charge is 0.322 e. The molecule has 2 aromatic carbocycles. The maximum absolute atomic E-state index is 13.6. The predicted octanol–water partition coefficient (Wildman–Crippen LogP) is 3.11. The lowest BCUT2D eigenvalue weighted by molar-refractivity contribution is 0.102. The van der Waals surface area contributed by atoms with Crippen molar-refractivity contribution in [3.05, 3.63) is 58.9 Å². The highest BCUT2D eigenvalue weighted by molar-refractivity contribution is 7.80. The molecule has 0 saturated carbocycles. The van der Waals surface area contributed by atoms with E-state index in [1.165, 1.54) is 30.3 Å². The van der Waals surface area contributed by atoms with Crippen LogP contribution in [-0.4, -0.2) is 5.91 Å². The van der Waals surface area contributed by atoms with Gasteiger partial charge in [0, 0.05) is 10.6 Å². The standard InChI is InChI=1S/C15H8FN3OS/c16-14-4-3-12(21)6-13(14)15(20)19-11-2-1-9(7-17)10(5-11)8-18/h1-6,21H,(H,19,20). The van der Waals surface area contributed by atoms with Crippen LogP contribution in [0.25, 0.3) is 0 Å². The summed E-state index contributed by atoms with van der Waals surface area (Å²) in [5, 5.41) is 20.2.